The van der Waals surface area contributed by atoms with Crippen LogP contribution in [0.5, 0.6) is 0 Å². The number of rotatable bonds is 6. The van der Waals surface area contributed by atoms with Gasteiger partial charge < -0.3 is 15.4 Å². The van der Waals surface area contributed by atoms with Gasteiger partial charge in [-0.25, -0.2) is 4.79 Å². The minimum absolute atomic E-state index is 0.285. The van der Waals surface area contributed by atoms with Gasteiger partial charge in [-0.3, -0.25) is 14.8 Å². The largest absolute Gasteiger partial charge is 0.465 e. The number of hydrogen-bond donors (Lipinski definition) is 2. The number of esters is 1. The molecule has 0 saturated heterocycles. The van der Waals surface area contributed by atoms with Gasteiger partial charge in [-0.1, -0.05) is 12.1 Å². The summed E-state index contributed by atoms with van der Waals surface area (Å²) >= 11 is 0. The molecule has 2 N–H and O–H groups in total. The quantitative estimate of drug-likeness (QED) is 0.655. The lowest BCUT2D eigenvalue weighted by atomic mass is 10.1. The molecule has 0 aliphatic carbocycles. The number of hydrogen-bond acceptors (Lipinski definition) is 6. The third kappa shape index (κ3) is 4.66. The second-order valence-electron chi connectivity index (χ2n) is 5.66. The molecule has 0 spiro atoms. The number of carbonyl (C=O) groups excluding carboxylic acids is 2. The number of nitrogens with one attached hydrogen (secondary N) is 2. The van der Waals surface area contributed by atoms with Crippen LogP contribution in [0.1, 0.15) is 26.3 Å². The molecule has 136 valence electrons. The number of benzene rings is 1. The molecule has 7 heteroatoms. The summed E-state index contributed by atoms with van der Waals surface area (Å²) < 4.78 is 4.74. The second kappa shape index (κ2) is 8.57. The number of methoxy groups -OCH3 is 1. The Kier molecular flexibility index (Phi) is 5.73. The molecule has 1 aromatic carbocycles. The van der Waals surface area contributed by atoms with Gasteiger partial charge >= 0.3 is 5.97 Å². The highest BCUT2D eigenvalue weighted by Gasteiger charge is 2.14. The van der Waals surface area contributed by atoms with E-state index in [9.17, 15) is 9.59 Å². The Morgan fingerprint density at radius 3 is 2.59 bits per heavy atom. The van der Waals surface area contributed by atoms with E-state index in [4.69, 9.17) is 4.74 Å². The van der Waals surface area contributed by atoms with Gasteiger partial charge in [0.05, 0.1) is 29.6 Å². The monoisotopic (exact) mass is 362 g/mol. The molecular weight excluding hydrogens is 344 g/mol. The standard InChI is InChI=1S/C20H18N4O3/c1-27-20(26)17-4-2-3-5-18(17)24-19(25)15-10-16(13-22-12-15)23-11-14-6-8-21-9-7-14/h2-10,12-13,23H,11H2,1H3,(H,24,25). The van der Waals surface area contributed by atoms with Gasteiger partial charge in [-0.05, 0) is 35.9 Å². The molecule has 2 heterocycles. The molecule has 0 unspecified atom stereocenters. The molecule has 0 atom stereocenters. The Bertz CT molecular complexity index is 945. The molecule has 2 aromatic heterocycles. The topological polar surface area (TPSA) is 93.2 Å². The van der Waals surface area contributed by atoms with Crippen LogP contribution in [0.3, 0.4) is 0 Å². The minimum atomic E-state index is -0.517. The summed E-state index contributed by atoms with van der Waals surface area (Å²) in [4.78, 5) is 32.5. The van der Waals surface area contributed by atoms with E-state index in [1.807, 2.05) is 12.1 Å². The van der Waals surface area contributed by atoms with Crippen molar-refractivity contribution in [3.63, 3.8) is 0 Å². The molecule has 0 saturated carbocycles. The van der Waals surface area contributed by atoms with Crippen LogP contribution in [0, 0.1) is 0 Å². The third-order valence-electron chi connectivity index (χ3n) is 3.83. The SMILES string of the molecule is COC(=O)c1ccccc1NC(=O)c1cncc(NCc2ccncc2)c1. The van der Waals surface area contributed by atoms with E-state index in [1.165, 1.54) is 13.3 Å². The van der Waals surface area contributed by atoms with Crippen molar-refractivity contribution in [1.82, 2.24) is 9.97 Å². The van der Waals surface area contributed by atoms with Crippen LogP contribution in [0.2, 0.25) is 0 Å². The Morgan fingerprint density at radius 1 is 1.04 bits per heavy atom. The van der Waals surface area contributed by atoms with Gasteiger partial charge in [-0.2, -0.15) is 0 Å². The van der Waals surface area contributed by atoms with Gasteiger partial charge in [0.1, 0.15) is 0 Å². The predicted octanol–water partition coefficient (Wildman–Crippen LogP) is 3.13. The number of nitrogens with zero attached hydrogens (tertiary/aromatic N) is 2. The van der Waals surface area contributed by atoms with Crippen molar-refractivity contribution in [3.05, 3.63) is 83.9 Å². The summed E-state index contributed by atoms with van der Waals surface area (Å²) in [6.45, 7) is 0.584. The molecule has 0 bridgehead atoms. The number of aromatic nitrogens is 2. The zero-order valence-corrected chi connectivity index (χ0v) is 14.7. The highest BCUT2D eigenvalue weighted by atomic mass is 16.5. The van der Waals surface area contributed by atoms with E-state index in [0.717, 1.165) is 5.56 Å². The summed E-state index contributed by atoms with van der Waals surface area (Å²) in [6.07, 6.45) is 6.55. The molecule has 27 heavy (non-hydrogen) atoms. The Hall–Kier alpha value is -3.74. The third-order valence-corrected chi connectivity index (χ3v) is 3.83. The van der Waals surface area contributed by atoms with Crippen LogP contribution in [-0.4, -0.2) is 29.0 Å². The van der Waals surface area contributed by atoms with Crippen molar-refractivity contribution in [2.45, 2.75) is 6.54 Å². The first-order chi connectivity index (χ1) is 13.2. The first-order valence-corrected chi connectivity index (χ1v) is 8.24. The second-order valence-corrected chi connectivity index (χ2v) is 5.66. The maximum atomic E-state index is 12.6. The number of pyridine rings is 2. The number of amides is 1. The van der Waals surface area contributed by atoms with Gasteiger partial charge in [0.25, 0.3) is 5.91 Å². The van der Waals surface area contributed by atoms with Gasteiger partial charge in [0.2, 0.25) is 0 Å². The molecule has 0 aliphatic heterocycles. The van der Waals surface area contributed by atoms with E-state index < -0.39 is 5.97 Å². The average molecular weight is 362 g/mol. The van der Waals surface area contributed by atoms with Crippen LogP contribution in [0.25, 0.3) is 0 Å². The normalized spacial score (nSPS) is 10.1. The molecule has 3 rings (SSSR count). The van der Waals surface area contributed by atoms with Crippen molar-refractivity contribution in [2.24, 2.45) is 0 Å². The van der Waals surface area contributed by atoms with Crippen molar-refractivity contribution >= 4 is 23.3 Å². The minimum Gasteiger partial charge on any atom is -0.465 e. The van der Waals surface area contributed by atoms with Gasteiger partial charge in [0, 0.05) is 31.3 Å². The average Bonchev–Trinajstić information content (AvgIpc) is 2.73. The number of ether oxygens (including phenoxy) is 1. The lowest BCUT2D eigenvalue weighted by Crippen LogP contribution is -2.16. The fourth-order valence-corrected chi connectivity index (χ4v) is 2.44. The summed E-state index contributed by atoms with van der Waals surface area (Å²) in [5.74, 6) is -0.886. The van der Waals surface area contributed by atoms with E-state index in [0.29, 0.717) is 23.5 Å². The van der Waals surface area contributed by atoms with Crippen LogP contribution in [0.15, 0.2) is 67.3 Å². The lowest BCUT2D eigenvalue weighted by Gasteiger charge is -2.11. The maximum Gasteiger partial charge on any atom is 0.339 e. The first-order valence-electron chi connectivity index (χ1n) is 8.24. The molecule has 0 aliphatic rings. The van der Waals surface area contributed by atoms with Crippen LogP contribution in [-0.2, 0) is 11.3 Å². The van der Waals surface area contributed by atoms with Gasteiger partial charge in [-0.15, -0.1) is 0 Å². The number of anilines is 2. The zero-order chi connectivity index (χ0) is 19.1. The summed E-state index contributed by atoms with van der Waals surface area (Å²) in [7, 11) is 1.29. The van der Waals surface area contributed by atoms with Crippen molar-refractivity contribution in [1.29, 1.82) is 0 Å². The summed E-state index contributed by atoms with van der Waals surface area (Å²) in [5.41, 5.74) is 2.81. The van der Waals surface area contributed by atoms with E-state index in [2.05, 4.69) is 20.6 Å². The fraction of sp³-hybridized carbons (Fsp3) is 0.100. The molecular formula is C20H18N4O3. The molecule has 1 amide bonds. The molecule has 3 aromatic rings. The first kappa shape index (κ1) is 18.1. The Balaban J connectivity index is 1.72. The van der Waals surface area contributed by atoms with Crippen LogP contribution >= 0.6 is 0 Å². The van der Waals surface area contributed by atoms with Crippen molar-refractivity contribution in [2.75, 3.05) is 17.7 Å². The molecule has 7 nitrogen and oxygen atoms in total. The summed E-state index contributed by atoms with van der Waals surface area (Å²) in [5, 5.41) is 5.94. The number of carbonyl (C=O) groups is 2. The zero-order valence-electron chi connectivity index (χ0n) is 14.7. The van der Waals surface area contributed by atoms with Crippen LogP contribution in [0.4, 0.5) is 11.4 Å². The highest BCUT2D eigenvalue weighted by Crippen LogP contribution is 2.18. The summed E-state index contributed by atoms with van der Waals surface area (Å²) in [6, 6.07) is 12.2. The van der Waals surface area contributed by atoms with Crippen molar-refractivity contribution in [3.8, 4) is 0 Å². The fourth-order valence-electron chi connectivity index (χ4n) is 2.44. The van der Waals surface area contributed by atoms with E-state index >= 15 is 0 Å². The van der Waals surface area contributed by atoms with Gasteiger partial charge in [0.15, 0.2) is 0 Å². The van der Waals surface area contributed by atoms with Crippen LogP contribution < -0.4 is 10.6 Å². The van der Waals surface area contributed by atoms with Crippen molar-refractivity contribution < 1.29 is 14.3 Å². The maximum absolute atomic E-state index is 12.6. The Labute approximate surface area is 156 Å². The highest BCUT2D eigenvalue weighted by molar-refractivity contribution is 6.08. The Morgan fingerprint density at radius 2 is 1.81 bits per heavy atom. The van der Waals surface area contributed by atoms with E-state index in [-0.39, 0.29) is 11.5 Å². The number of para-hydroxylation sites is 1. The van der Waals surface area contributed by atoms with E-state index in [1.54, 1.807) is 48.9 Å². The molecule has 0 radical (unpaired) electrons. The smallest absolute Gasteiger partial charge is 0.339 e. The predicted molar refractivity (Wildman–Crippen MR) is 102 cm³/mol. The lowest BCUT2D eigenvalue weighted by molar-refractivity contribution is 0.0602. The molecule has 0 fully saturated rings.